The smallest absolute Gasteiger partial charge is 0.260 e. The van der Waals surface area contributed by atoms with E-state index in [9.17, 15) is 8.78 Å². The minimum absolute atomic E-state index is 0. The summed E-state index contributed by atoms with van der Waals surface area (Å²) in [5.74, 6) is -2.63. The Morgan fingerprint density at radius 3 is 2.20 bits per heavy atom. The molecule has 1 nitrogen and oxygen atoms in total. The zero-order chi connectivity index (χ0) is 7.33. The summed E-state index contributed by atoms with van der Waals surface area (Å²) in [6, 6.07) is 0. The normalized spacial score (nSPS) is 10.8. The third-order valence-corrected chi connectivity index (χ3v) is 1.19. The molecule has 0 bridgehead atoms. The SMILES string of the molecule is CCCCC(F)(F)CN.Cl. The minimum atomic E-state index is -2.63. The van der Waals surface area contributed by atoms with Gasteiger partial charge >= 0.3 is 0 Å². The van der Waals surface area contributed by atoms with Gasteiger partial charge < -0.3 is 5.73 Å². The lowest BCUT2D eigenvalue weighted by atomic mass is 10.1. The summed E-state index contributed by atoms with van der Waals surface area (Å²) in [6.07, 6.45) is 1.29. The zero-order valence-corrected chi connectivity index (χ0v) is 6.89. The van der Waals surface area contributed by atoms with Crippen molar-refractivity contribution in [2.45, 2.75) is 32.1 Å². The van der Waals surface area contributed by atoms with Crippen molar-refractivity contribution in [2.75, 3.05) is 6.54 Å². The van der Waals surface area contributed by atoms with E-state index in [0.717, 1.165) is 6.42 Å². The van der Waals surface area contributed by atoms with Gasteiger partial charge in [-0.2, -0.15) is 0 Å². The molecule has 0 aliphatic heterocycles. The molecule has 0 aromatic carbocycles. The predicted octanol–water partition coefficient (Wildman–Crippen LogP) is 2.19. The van der Waals surface area contributed by atoms with Crippen LogP contribution in [0.5, 0.6) is 0 Å². The summed E-state index contributed by atoms with van der Waals surface area (Å²) in [6.45, 7) is 1.36. The van der Waals surface area contributed by atoms with Gasteiger partial charge in [0.2, 0.25) is 0 Å². The van der Waals surface area contributed by atoms with E-state index in [0.29, 0.717) is 6.42 Å². The van der Waals surface area contributed by atoms with Gasteiger partial charge in [-0.1, -0.05) is 13.3 Å². The third kappa shape index (κ3) is 6.23. The summed E-state index contributed by atoms with van der Waals surface area (Å²) >= 11 is 0. The van der Waals surface area contributed by atoms with Crippen molar-refractivity contribution in [1.29, 1.82) is 0 Å². The highest BCUT2D eigenvalue weighted by molar-refractivity contribution is 5.85. The molecule has 4 heteroatoms. The van der Waals surface area contributed by atoms with Gasteiger partial charge in [0.1, 0.15) is 0 Å². The monoisotopic (exact) mass is 173 g/mol. The Morgan fingerprint density at radius 1 is 1.40 bits per heavy atom. The zero-order valence-electron chi connectivity index (χ0n) is 6.07. The van der Waals surface area contributed by atoms with E-state index >= 15 is 0 Å². The molecule has 0 aliphatic carbocycles. The Labute approximate surface area is 66.4 Å². The van der Waals surface area contributed by atoms with Crippen LogP contribution >= 0.6 is 12.4 Å². The summed E-state index contributed by atoms with van der Waals surface area (Å²) in [5, 5.41) is 0. The van der Waals surface area contributed by atoms with E-state index in [2.05, 4.69) is 0 Å². The molecule has 0 aromatic rings. The summed E-state index contributed by atoms with van der Waals surface area (Å²) in [5.41, 5.74) is 4.80. The minimum Gasteiger partial charge on any atom is -0.325 e. The number of rotatable bonds is 4. The number of nitrogens with two attached hydrogens (primary N) is 1. The van der Waals surface area contributed by atoms with Gasteiger partial charge in [0.15, 0.2) is 0 Å². The van der Waals surface area contributed by atoms with Gasteiger partial charge in [-0.3, -0.25) is 0 Å². The Bertz CT molecular complexity index is 78.1. The number of hydrogen-bond acceptors (Lipinski definition) is 1. The topological polar surface area (TPSA) is 26.0 Å². The van der Waals surface area contributed by atoms with Gasteiger partial charge in [-0.15, -0.1) is 12.4 Å². The van der Waals surface area contributed by atoms with Crippen molar-refractivity contribution < 1.29 is 8.78 Å². The average Bonchev–Trinajstić information content (AvgIpc) is 1.84. The lowest BCUT2D eigenvalue weighted by Crippen LogP contribution is -2.27. The Kier molecular flexibility index (Phi) is 7.48. The first-order chi connectivity index (χ1) is 4.12. The van der Waals surface area contributed by atoms with Crippen LogP contribution in [-0.4, -0.2) is 12.5 Å². The molecule has 0 saturated heterocycles. The first-order valence-corrected chi connectivity index (χ1v) is 3.20. The molecule has 0 amide bonds. The van der Waals surface area contributed by atoms with Crippen molar-refractivity contribution in [3.8, 4) is 0 Å². The van der Waals surface area contributed by atoms with E-state index in [1.807, 2.05) is 6.92 Å². The van der Waals surface area contributed by atoms with Crippen molar-refractivity contribution in [1.82, 2.24) is 0 Å². The molecule has 0 spiro atoms. The number of halogens is 3. The Morgan fingerprint density at radius 2 is 1.90 bits per heavy atom. The van der Waals surface area contributed by atoms with Gasteiger partial charge in [-0.05, 0) is 6.42 Å². The second kappa shape index (κ2) is 5.86. The number of alkyl halides is 2. The largest absolute Gasteiger partial charge is 0.325 e. The molecular weight excluding hydrogens is 160 g/mol. The summed E-state index contributed by atoms with van der Waals surface area (Å²) in [7, 11) is 0. The molecule has 0 aliphatic rings. The highest BCUT2D eigenvalue weighted by Gasteiger charge is 2.24. The van der Waals surface area contributed by atoms with Gasteiger partial charge in [0.05, 0.1) is 6.54 Å². The van der Waals surface area contributed by atoms with Gasteiger partial charge in [0.25, 0.3) is 5.92 Å². The number of hydrogen-bond donors (Lipinski definition) is 1. The molecule has 0 atom stereocenters. The van der Waals surface area contributed by atoms with Crippen LogP contribution in [-0.2, 0) is 0 Å². The summed E-state index contributed by atoms with van der Waals surface area (Å²) < 4.78 is 24.4. The standard InChI is InChI=1S/C6H13F2N.ClH/c1-2-3-4-6(7,8)5-9;/h2-5,9H2,1H3;1H. The first kappa shape index (κ1) is 12.8. The van der Waals surface area contributed by atoms with Crippen LogP contribution in [0.1, 0.15) is 26.2 Å². The Balaban J connectivity index is 0. The van der Waals surface area contributed by atoms with Crippen molar-refractivity contribution >= 4 is 12.4 Å². The number of unbranched alkanes of at least 4 members (excludes halogenated alkanes) is 1. The van der Waals surface area contributed by atoms with Crippen molar-refractivity contribution in [2.24, 2.45) is 5.73 Å². The molecule has 0 saturated carbocycles. The van der Waals surface area contributed by atoms with Crippen LogP contribution < -0.4 is 5.73 Å². The molecule has 2 N–H and O–H groups in total. The van der Waals surface area contributed by atoms with Crippen LogP contribution in [0.4, 0.5) is 8.78 Å². The van der Waals surface area contributed by atoms with Crippen molar-refractivity contribution in [3.63, 3.8) is 0 Å². The van der Waals surface area contributed by atoms with Crippen LogP contribution in [0.25, 0.3) is 0 Å². The van der Waals surface area contributed by atoms with Gasteiger partial charge in [0, 0.05) is 6.42 Å². The van der Waals surface area contributed by atoms with E-state index in [1.54, 1.807) is 0 Å². The molecule has 0 aromatic heterocycles. The molecule has 0 rings (SSSR count). The Hall–Kier alpha value is 0.110. The fourth-order valence-electron chi connectivity index (χ4n) is 0.537. The predicted molar refractivity (Wildman–Crippen MR) is 40.8 cm³/mol. The molecule has 10 heavy (non-hydrogen) atoms. The molecule has 0 radical (unpaired) electrons. The van der Waals surface area contributed by atoms with Gasteiger partial charge in [-0.25, -0.2) is 8.78 Å². The molecule has 0 fully saturated rings. The fourth-order valence-corrected chi connectivity index (χ4v) is 0.537. The van der Waals surface area contributed by atoms with Crippen LogP contribution in [0, 0.1) is 0 Å². The van der Waals surface area contributed by atoms with Crippen molar-refractivity contribution in [3.05, 3.63) is 0 Å². The van der Waals surface area contributed by atoms with Crippen LogP contribution in [0.15, 0.2) is 0 Å². The second-order valence-corrected chi connectivity index (χ2v) is 2.16. The van der Waals surface area contributed by atoms with E-state index in [-0.39, 0.29) is 18.8 Å². The third-order valence-electron chi connectivity index (χ3n) is 1.19. The second-order valence-electron chi connectivity index (χ2n) is 2.16. The quantitative estimate of drug-likeness (QED) is 0.693. The maximum Gasteiger partial charge on any atom is 0.260 e. The first-order valence-electron chi connectivity index (χ1n) is 3.20. The molecule has 64 valence electrons. The maximum atomic E-state index is 12.2. The molecular formula is C6H14ClF2N. The highest BCUT2D eigenvalue weighted by Crippen LogP contribution is 2.18. The maximum absolute atomic E-state index is 12.2. The lowest BCUT2D eigenvalue weighted by molar-refractivity contribution is 0.0000922. The molecule has 0 heterocycles. The van der Waals surface area contributed by atoms with E-state index in [1.165, 1.54) is 0 Å². The summed E-state index contributed by atoms with van der Waals surface area (Å²) in [4.78, 5) is 0. The lowest BCUT2D eigenvalue weighted by Gasteiger charge is -2.11. The van der Waals surface area contributed by atoms with Crippen LogP contribution in [0.3, 0.4) is 0 Å². The average molecular weight is 174 g/mol. The fraction of sp³-hybridized carbons (Fsp3) is 1.00. The highest BCUT2D eigenvalue weighted by atomic mass is 35.5. The molecule has 0 unspecified atom stereocenters. The van der Waals surface area contributed by atoms with E-state index in [4.69, 9.17) is 5.73 Å². The van der Waals surface area contributed by atoms with E-state index < -0.39 is 12.5 Å². The van der Waals surface area contributed by atoms with Crippen LogP contribution in [0.2, 0.25) is 0 Å².